The SMILES string of the molecule is C=CC1=C(C=C)N(CCC)c2ccccc2C=C1.CCC. The molecule has 0 saturated carbocycles. The molecular weight excluding hydrogens is 254 g/mol. The maximum absolute atomic E-state index is 3.95. The van der Waals surface area contributed by atoms with Gasteiger partial charge in [0.1, 0.15) is 0 Å². The van der Waals surface area contributed by atoms with Crippen LogP contribution in [0.25, 0.3) is 6.08 Å². The summed E-state index contributed by atoms with van der Waals surface area (Å²) in [4.78, 5) is 2.32. The average molecular weight is 281 g/mol. The molecule has 0 fully saturated rings. The lowest BCUT2D eigenvalue weighted by molar-refractivity contribution is 0.858. The molecule has 21 heavy (non-hydrogen) atoms. The number of para-hydroxylation sites is 1. The fourth-order valence-electron chi connectivity index (χ4n) is 2.29. The van der Waals surface area contributed by atoms with Gasteiger partial charge in [-0.05, 0) is 29.7 Å². The van der Waals surface area contributed by atoms with Gasteiger partial charge in [-0.15, -0.1) is 0 Å². The third-order valence-corrected chi connectivity index (χ3v) is 3.12. The predicted molar refractivity (Wildman–Crippen MR) is 96.5 cm³/mol. The molecule has 0 atom stereocenters. The monoisotopic (exact) mass is 281 g/mol. The number of benzene rings is 1. The summed E-state index contributed by atoms with van der Waals surface area (Å²) in [6.45, 7) is 15.3. The normalized spacial score (nSPS) is 13.0. The molecule has 1 aromatic carbocycles. The molecule has 112 valence electrons. The summed E-state index contributed by atoms with van der Waals surface area (Å²) >= 11 is 0. The maximum atomic E-state index is 3.95. The number of nitrogens with zero attached hydrogens (tertiary/aromatic N) is 1. The quantitative estimate of drug-likeness (QED) is 0.657. The van der Waals surface area contributed by atoms with Crippen LogP contribution in [0, 0.1) is 0 Å². The van der Waals surface area contributed by atoms with Crippen molar-refractivity contribution in [1.82, 2.24) is 0 Å². The fraction of sp³-hybridized carbons (Fsp3) is 0.300. The van der Waals surface area contributed by atoms with E-state index >= 15 is 0 Å². The van der Waals surface area contributed by atoms with Crippen LogP contribution in [0.2, 0.25) is 0 Å². The van der Waals surface area contributed by atoms with Gasteiger partial charge < -0.3 is 4.90 Å². The van der Waals surface area contributed by atoms with Crippen molar-refractivity contribution in [1.29, 1.82) is 0 Å². The first-order chi connectivity index (χ1) is 10.2. The minimum Gasteiger partial charge on any atom is -0.341 e. The van der Waals surface area contributed by atoms with Crippen LogP contribution < -0.4 is 4.90 Å². The van der Waals surface area contributed by atoms with Crippen LogP contribution in [0.5, 0.6) is 0 Å². The number of allylic oxidation sites excluding steroid dienone is 4. The molecule has 0 unspecified atom stereocenters. The Morgan fingerprint density at radius 3 is 2.24 bits per heavy atom. The fourth-order valence-corrected chi connectivity index (χ4v) is 2.29. The Kier molecular flexibility index (Phi) is 7.31. The second-order valence-corrected chi connectivity index (χ2v) is 5.00. The lowest BCUT2D eigenvalue weighted by Crippen LogP contribution is -2.23. The number of hydrogen-bond donors (Lipinski definition) is 0. The van der Waals surface area contributed by atoms with E-state index in [1.807, 2.05) is 12.2 Å². The molecule has 0 N–H and O–H groups in total. The van der Waals surface area contributed by atoms with Crippen molar-refractivity contribution in [3.05, 3.63) is 72.5 Å². The lowest BCUT2D eigenvalue weighted by Gasteiger charge is -2.27. The van der Waals surface area contributed by atoms with Crippen LogP contribution in [0.4, 0.5) is 5.69 Å². The molecule has 0 aromatic heterocycles. The number of anilines is 1. The summed E-state index contributed by atoms with van der Waals surface area (Å²) in [5.41, 5.74) is 4.73. The molecule has 2 rings (SSSR count). The number of rotatable bonds is 4. The van der Waals surface area contributed by atoms with E-state index in [2.05, 4.69) is 75.2 Å². The molecule has 1 heteroatoms. The van der Waals surface area contributed by atoms with Gasteiger partial charge in [-0.2, -0.15) is 0 Å². The predicted octanol–water partition coefficient (Wildman–Crippen LogP) is 5.97. The molecule has 1 aliphatic heterocycles. The highest BCUT2D eigenvalue weighted by Crippen LogP contribution is 2.31. The molecule has 0 spiro atoms. The molecule has 0 amide bonds. The highest BCUT2D eigenvalue weighted by atomic mass is 15.1. The summed E-state index contributed by atoms with van der Waals surface area (Å²) in [7, 11) is 0. The molecule has 0 radical (unpaired) electrons. The smallest absolute Gasteiger partial charge is 0.0484 e. The Labute approximate surface area is 130 Å². The Bertz CT molecular complexity index is 535. The Balaban J connectivity index is 0.000000677. The van der Waals surface area contributed by atoms with Gasteiger partial charge in [0.2, 0.25) is 0 Å². The number of fused-ring (bicyclic) bond motifs is 1. The highest BCUT2D eigenvalue weighted by molar-refractivity contribution is 5.75. The number of hydrogen-bond acceptors (Lipinski definition) is 1. The van der Waals surface area contributed by atoms with Gasteiger partial charge in [-0.25, -0.2) is 0 Å². The van der Waals surface area contributed by atoms with Crippen molar-refractivity contribution in [3.8, 4) is 0 Å². The lowest BCUT2D eigenvalue weighted by atomic mass is 10.1. The molecule has 0 saturated heterocycles. The Hall–Kier alpha value is -2.02. The molecule has 1 nitrogen and oxygen atoms in total. The van der Waals surface area contributed by atoms with Crippen LogP contribution in [-0.2, 0) is 0 Å². The van der Waals surface area contributed by atoms with E-state index in [1.54, 1.807) is 0 Å². The third-order valence-electron chi connectivity index (χ3n) is 3.12. The first kappa shape index (κ1) is 17.0. The Morgan fingerprint density at radius 1 is 1.00 bits per heavy atom. The second kappa shape index (κ2) is 9.02. The summed E-state index contributed by atoms with van der Waals surface area (Å²) in [6, 6.07) is 8.45. The van der Waals surface area contributed by atoms with Crippen LogP contribution in [0.15, 0.2) is 66.9 Å². The molecular formula is C20H27N. The van der Waals surface area contributed by atoms with Crippen molar-refractivity contribution in [2.75, 3.05) is 11.4 Å². The van der Waals surface area contributed by atoms with E-state index in [9.17, 15) is 0 Å². The van der Waals surface area contributed by atoms with Crippen LogP contribution in [-0.4, -0.2) is 6.54 Å². The molecule has 1 heterocycles. The van der Waals surface area contributed by atoms with E-state index in [1.165, 1.54) is 17.7 Å². The first-order valence-corrected chi connectivity index (χ1v) is 7.77. The van der Waals surface area contributed by atoms with E-state index in [4.69, 9.17) is 0 Å². The summed E-state index contributed by atoms with van der Waals surface area (Å²) in [5, 5.41) is 0. The van der Waals surface area contributed by atoms with Crippen LogP contribution >= 0.6 is 0 Å². The van der Waals surface area contributed by atoms with Gasteiger partial charge in [0.05, 0.1) is 0 Å². The van der Waals surface area contributed by atoms with Crippen molar-refractivity contribution in [3.63, 3.8) is 0 Å². The average Bonchev–Trinajstić information content (AvgIpc) is 2.65. The zero-order valence-corrected chi connectivity index (χ0v) is 13.6. The van der Waals surface area contributed by atoms with Gasteiger partial charge in [-0.1, -0.05) is 76.8 Å². The van der Waals surface area contributed by atoms with Gasteiger partial charge in [0, 0.05) is 17.9 Å². The highest BCUT2D eigenvalue weighted by Gasteiger charge is 2.16. The second-order valence-electron chi connectivity index (χ2n) is 5.00. The minimum atomic E-state index is 0.984. The van der Waals surface area contributed by atoms with Crippen molar-refractivity contribution >= 4 is 11.8 Å². The zero-order valence-electron chi connectivity index (χ0n) is 13.6. The standard InChI is InChI=1S/C17H19N.C3H8/c1-4-13-18-16(6-3)14(5-2)11-12-15-9-7-8-10-17(15)18;1-3-2/h5-12H,2-4,13H2,1H3;3H2,1-2H3. The largest absolute Gasteiger partial charge is 0.341 e. The van der Waals surface area contributed by atoms with Gasteiger partial charge in [-0.3, -0.25) is 0 Å². The van der Waals surface area contributed by atoms with Crippen LogP contribution in [0.1, 0.15) is 39.2 Å². The van der Waals surface area contributed by atoms with Crippen molar-refractivity contribution in [2.45, 2.75) is 33.6 Å². The topological polar surface area (TPSA) is 3.24 Å². The maximum Gasteiger partial charge on any atom is 0.0484 e. The van der Waals surface area contributed by atoms with Gasteiger partial charge in [0.15, 0.2) is 0 Å². The summed E-state index contributed by atoms with van der Waals surface area (Å²) in [5.74, 6) is 0. The van der Waals surface area contributed by atoms with Gasteiger partial charge >= 0.3 is 0 Å². The van der Waals surface area contributed by atoms with Crippen LogP contribution in [0.3, 0.4) is 0 Å². The van der Waals surface area contributed by atoms with Gasteiger partial charge in [0.25, 0.3) is 0 Å². The van der Waals surface area contributed by atoms with E-state index < -0.39 is 0 Å². The van der Waals surface area contributed by atoms with Crippen molar-refractivity contribution < 1.29 is 0 Å². The molecule has 0 aliphatic carbocycles. The minimum absolute atomic E-state index is 0.984. The first-order valence-electron chi connectivity index (χ1n) is 7.77. The third kappa shape index (κ3) is 4.22. The van der Waals surface area contributed by atoms with E-state index in [-0.39, 0.29) is 0 Å². The van der Waals surface area contributed by atoms with Crippen molar-refractivity contribution in [2.24, 2.45) is 0 Å². The molecule has 0 bridgehead atoms. The van der Waals surface area contributed by atoms with E-state index in [0.29, 0.717) is 0 Å². The summed E-state index contributed by atoms with van der Waals surface area (Å²) < 4.78 is 0. The van der Waals surface area contributed by atoms with E-state index in [0.717, 1.165) is 24.2 Å². The molecule has 1 aliphatic rings. The Morgan fingerprint density at radius 2 is 1.67 bits per heavy atom. The molecule has 1 aromatic rings. The summed E-state index contributed by atoms with van der Waals surface area (Å²) in [6.07, 6.45) is 10.4. The zero-order chi connectivity index (χ0) is 15.7.